The molecule has 0 heterocycles. The molecule has 0 unspecified atom stereocenters. The predicted molar refractivity (Wildman–Crippen MR) is 80.1 cm³/mol. The van der Waals surface area contributed by atoms with Gasteiger partial charge >= 0.3 is 0 Å². The molecular formula is C15H11BrClFO2. The molecule has 0 spiro atoms. The molecule has 0 aliphatic carbocycles. The van der Waals surface area contributed by atoms with Crippen molar-refractivity contribution in [3.05, 3.63) is 62.8 Å². The normalized spacial score (nSPS) is 10.4. The van der Waals surface area contributed by atoms with Gasteiger partial charge in [-0.25, -0.2) is 4.39 Å². The van der Waals surface area contributed by atoms with Crippen molar-refractivity contribution >= 4 is 33.3 Å². The second-order valence-electron chi connectivity index (χ2n) is 4.23. The maximum atomic E-state index is 13.6. The van der Waals surface area contributed by atoms with Crippen molar-refractivity contribution in [3.63, 3.8) is 0 Å². The van der Waals surface area contributed by atoms with E-state index in [1.165, 1.54) is 19.2 Å². The van der Waals surface area contributed by atoms with Crippen molar-refractivity contribution < 1.29 is 13.9 Å². The highest BCUT2D eigenvalue weighted by molar-refractivity contribution is 9.10. The molecule has 2 aromatic carbocycles. The molecule has 0 aliphatic rings. The molecule has 20 heavy (non-hydrogen) atoms. The van der Waals surface area contributed by atoms with Crippen LogP contribution >= 0.6 is 27.5 Å². The van der Waals surface area contributed by atoms with E-state index >= 15 is 0 Å². The van der Waals surface area contributed by atoms with Crippen molar-refractivity contribution in [1.29, 1.82) is 0 Å². The minimum absolute atomic E-state index is 0.105. The number of carbonyl (C=O) groups excluding carboxylic acids is 1. The van der Waals surface area contributed by atoms with Gasteiger partial charge in [-0.15, -0.1) is 0 Å². The third-order valence-electron chi connectivity index (χ3n) is 2.77. The van der Waals surface area contributed by atoms with E-state index < -0.39 is 5.82 Å². The molecular weight excluding hydrogens is 347 g/mol. The topological polar surface area (TPSA) is 26.3 Å². The van der Waals surface area contributed by atoms with E-state index in [1.54, 1.807) is 24.3 Å². The fourth-order valence-corrected chi connectivity index (χ4v) is 2.68. The molecule has 5 heteroatoms. The summed E-state index contributed by atoms with van der Waals surface area (Å²) in [5.41, 5.74) is 1.07. The highest BCUT2D eigenvalue weighted by Gasteiger charge is 2.11. The minimum Gasteiger partial charge on any atom is -0.494 e. The van der Waals surface area contributed by atoms with E-state index in [4.69, 9.17) is 16.3 Å². The quantitative estimate of drug-likeness (QED) is 0.743. The zero-order chi connectivity index (χ0) is 14.7. The molecule has 2 rings (SSSR count). The van der Waals surface area contributed by atoms with Crippen LogP contribution in [0.2, 0.25) is 5.02 Å². The molecule has 0 fully saturated rings. The summed E-state index contributed by atoms with van der Waals surface area (Å²) < 4.78 is 19.1. The van der Waals surface area contributed by atoms with Gasteiger partial charge in [0.15, 0.2) is 17.3 Å². The van der Waals surface area contributed by atoms with E-state index in [2.05, 4.69) is 15.9 Å². The Morgan fingerprint density at radius 3 is 2.65 bits per heavy atom. The van der Waals surface area contributed by atoms with Crippen LogP contribution in [0.25, 0.3) is 0 Å². The van der Waals surface area contributed by atoms with E-state index in [0.717, 1.165) is 4.47 Å². The molecule has 0 aliphatic heterocycles. The zero-order valence-corrected chi connectivity index (χ0v) is 13.0. The van der Waals surface area contributed by atoms with E-state index in [9.17, 15) is 9.18 Å². The number of benzene rings is 2. The minimum atomic E-state index is -0.481. The van der Waals surface area contributed by atoms with Crippen LogP contribution in [0.1, 0.15) is 15.9 Å². The molecule has 0 aromatic heterocycles. The van der Waals surface area contributed by atoms with Crippen molar-refractivity contribution in [2.45, 2.75) is 6.42 Å². The molecule has 0 radical (unpaired) electrons. The summed E-state index contributed by atoms with van der Waals surface area (Å²) in [4.78, 5) is 12.2. The standard InChI is InChI=1S/C15H11BrClFO2/c1-20-15-3-2-9(4-13(15)18)5-14(19)10-6-11(16)8-12(17)7-10/h2-4,6-8H,5H2,1H3. The third kappa shape index (κ3) is 3.58. The van der Waals surface area contributed by atoms with Gasteiger partial charge in [-0.1, -0.05) is 33.6 Å². The van der Waals surface area contributed by atoms with Crippen LogP contribution in [0.3, 0.4) is 0 Å². The van der Waals surface area contributed by atoms with Crippen LogP contribution in [0.15, 0.2) is 40.9 Å². The van der Waals surface area contributed by atoms with Gasteiger partial charge in [0, 0.05) is 21.5 Å². The number of ether oxygens (including phenoxy) is 1. The summed E-state index contributed by atoms with van der Waals surface area (Å²) in [6, 6.07) is 9.45. The van der Waals surface area contributed by atoms with Crippen LogP contribution in [-0.2, 0) is 6.42 Å². The van der Waals surface area contributed by atoms with Gasteiger partial charge in [-0.2, -0.15) is 0 Å². The molecule has 2 aromatic rings. The Kier molecular flexibility index (Phi) is 4.78. The Morgan fingerprint density at radius 2 is 2.05 bits per heavy atom. The number of Topliss-reactive ketones (excluding diaryl/α,β-unsaturated/α-hetero) is 1. The monoisotopic (exact) mass is 356 g/mol. The Balaban J connectivity index is 2.21. The summed E-state index contributed by atoms with van der Waals surface area (Å²) in [5.74, 6) is -0.449. The van der Waals surface area contributed by atoms with Crippen LogP contribution < -0.4 is 4.74 Å². The van der Waals surface area contributed by atoms with E-state index in [-0.39, 0.29) is 18.0 Å². The van der Waals surface area contributed by atoms with Crippen molar-refractivity contribution in [2.24, 2.45) is 0 Å². The van der Waals surface area contributed by atoms with Crippen LogP contribution in [-0.4, -0.2) is 12.9 Å². The molecule has 0 saturated carbocycles. The van der Waals surface area contributed by atoms with Gasteiger partial charge in [0.25, 0.3) is 0 Å². The Hall–Kier alpha value is -1.39. The summed E-state index contributed by atoms with van der Waals surface area (Å²) in [7, 11) is 1.40. The lowest BCUT2D eigenvalue weighted by molar-refractivity contribution is 0.0993. The first-order valence-corrected chi connectivity index (χ1v) is 6.98. The first-order chi connectivity index (χ1) is 9.49. The summed E-state index contributed by atoms with van der Waals surface area (Å²) in [6.07, 6.45) is 0.105. The number of carbonyl (C=O) groups is 1. The van der Waals surface area contributed by atoms with Gasteiger partial charge in [0.05, 0.1) is 7.11 Å². The van der Waals surface area contributed by atoms with E-state index in [0.29, 0.717) is 16.1 Å². The average Bonchev–Trinajstić information content (AvgIpc) is 2.37. The average molecular weight is 358 g/mol. The SMILES string of the molecule is COc1ccc(CC(=O)c2cc(Cl)cc(Br)c2)cc1F. The van der Waals surface area contributed by atoms with Gasteiger partial charge in [0.1, 0.15) is 0 Å². The number of halogens is 3. The lowest BCUT2D eigenvalue weighted by Gasteiger charge is -2.06. The highest BCUT2D eigenvalue weighted by atomic mass is 79.9. The summed E-state index contributed by atoms with van der Waals surface area (Å²) in [6.45, 7) is 0. The van der Waals surface area contributed by atoms with Gasteiger partial charge in [-0.05, 0) is 35.9 Å². The highest BCUT2D eigenvalue weighted by Crippen LogP contribution is 2.22. The molecule has 2 nitrogen and oxygen atoms in total. The molecule has 0 bridgehead atoms. The number of methoxy groups -OCH3 is 1. The number of hydrogen-bond donors (Lipinski definition) is 0. The Morgan fingerprint density at radius 1 is 1.30 bits per heavy atom. The van der Waals surface area contributed by atoms with Gasteiger partial charge < -0.3 is 4.74 Å². The van der Waals surface area contributed by atoms with Crippen LogP contribution in [0.5, 0.6) is 5.75 Å². The second kappa shape index (κ2) is 6.37. The van der Waals surface area contributed by atoms with Crippen LogP contribution in [0.4, 0.5) is 4.39 Å². The maximum Gasteiger partial charge on any atom is 0.167 e. The fraction of sp³-hybridized carbons (Fsp3) is 0.133. The molecule has 0 N–H and O–H groups in total. The second-order valence-corrected chi connectivity index (χ2v) is 5.58. The van der Waals surface area contributed by atoms with Crippen molar-refractivity contribution in [2.75, 3.05) is 7.11 Å². The molecule has 0 amide bonds. The number of hydrogen-bond acceptors (Lipinski definition) is 2. The summed E-state index contributed by atoms with van der Waals surface area (Å²) >= 11 is 9.19. The zero-order valence-electron chi connectivity index (χ0n) is 10.6. The Labute approximate surface area is 129 Å². The smallest absolute Gasteiger partial charge is 0.167 e. The van der Waals surface area contributed by atoms with Crippen molar-refractivity contribution in [1.82, 2.24) is 0 Å². The van der Waals surface area contributed by atoms with Gasteiger partial charge in [-0.3, -0.25) is 4.79 Å². The van der Waals surface area contributed by atoms with Gasteiger partial charge in [0.2, 0.25) is 0 Å². The number of rotatable bonds is 4. The van der Waals surface area contributed by atoms with Crippen LogP contribution in [0, 0.1) is 5.82 Å². The first-order valence-electron chi connectivity index (χ1n) is 5.81. The molecule has 0 atom stereocenters. The lowest BCUT2D eigenvalue weighted by atomic mass is 10.0. The molecule has 104 valence electrons. The maximum absolute atomic E-state index is 13.6. The van der Waals surface area contributed by atoms with E-state index in [1.807, 2.05) is 0 Å². The third-order valence-corrected chi connectivity index (χ3v) is 3.44. The largest absolute Gasteiger partial charge is 0.494 e. The first kappa shape index (κ1) is 15.0. The summed E-state index contributed by atoms with van der Waals surface area (Å²) in [5, 5.41) is 0.476. The number of ketones is 1. The Bertz CT molecular complexity index is 638. The fourth-order valence-electron chi connectivity index (χ4n) is 1.82. The van der Waals surface area contributed by atoms with Crippen molar-refractivity contribution in [3.8, 4) is 5.75 Å². The predicted octanol–water partition coefficient (Wildman–Crippen LogP) is 4.68. The molecule has 0 saturated heterocycles. The lowest BCUT2D eigenvalue weighted by Crippen LogP contribution is -2.04.